The van der Waals surface area contributed by atoms with Crippen molar-refractivity contribution in [2.24, 2.45) is 0 Å². The second-order valence-corrected chi connectivity index (χ2v) is 6.00. The normalized spacial score (nSPS) is 11.3. The summed E-state index contributed by atoms with van der Waals surface area (Å²) in [6, 6.07) is 6.08. The fraction of sp³-hybridized carbons (Fsp3) is 0. The molecule has 0 spiro atoms. The van der Waals surface area contributed by atoms with Crippen LogP contribution in [-0.2, 0) is 10.0 Å². The summed E-state index contributed by atoms with van der Waals surface area (Å²) in [6.07, 6.45) is 0. The second-order valence-electron chi connectivity index (χ2n) is 3.91. The van der Waals surface area contributed by atoms with Gasteiger partial charge in [-0.25, -0.2) is 17.2 Å². The van der Waals surface area contributed by atoms with Crippen molar-refractivity contribution in [3.63, 3.8) is 0 Å². The Bertz CT molecular complexity index is 766. The van der Waals surface area contributed by atoms with Gasteiger partial charge in [0.1, 0.15) is 11.6 Å². The van der Waals surface area contributed by atoms with E-state index in [-0.39, 0.29) is 15.6 Å². The van der Waals surface area contributed by atoms with Crippen LogP contribution in [0.2, 0.25) is 5.02 Å². The van der Waals surface area contributed by atoms with Crippen LogP contribution in [0.5, 0.6) is 0 Å². The molecule has 106 valence electrons. The number of sulfonamides is 1. The van der Waals surface area contributed by atoms with Crippen molar-refractivity contribution in [2.45, 2.75) is 4.90 Å². The summed E-state index contributed by atoms with van der Waals surface area (Å²) in [5.41, 5.74) is 5.19. The van der Waals surface area contributed by atoms with E-state index in [2.05, 4.69) is 0 Å². The Morgan fingerprint density at radius 1 is 1.10 bits per heavy atom. The van der Waals surface area contributed by atoms with E-state index in [4.69, 9.17) is 17.3 Å². The summed E-state index contributed by atoms with van der Waals surface area (Å²) in [4.78, 5) is -0.208. The standard InChI is InChI=1S/C12H9ClF2N2O2S/c13-9-6-8(2-4-11(9)16)20(18,19)17-12-5-7(14)1-3-10(12)15/h1-6,17H,16H2. The summed E-state index contributed by atoms with van der Waals surface area (Å²) in [7, 11) is -4.09. The van der Waals surface area contributed by atoms with Crippen molar-refractivity contribution in [1.82, 2.24) is 0 Å². The molecule has 20 heavy (non-hydrogen) atoms. The first kappa shape index (κ1) is 14.5. The Hall–Kier alpha value is -1.86. The van der Waals surface area contributed by atoms with E-state index in [9.17, 15) is 17.2 Å². The van der Waals surface area contributed by atoms with Crippen LogP contribution in [0.3, 0.4) is 0 Å². The van der Waals surface area contributed by atoms with Crippen LogP contribution in [0.15, 0.2) is 41.3 Å². The Morgan fingerprint density at radius 2 is 1.80 bits per heavy atom. The molecular weight excluding hydrogens is 310 g/mol. The number of nitrogens with two attached hydrogens (primary N) is 1. The number of rotatable bonds is 3. The number of halogens is 3. The molecule has 2 aromatic rings. The van der Waals surface area contributed by atoms with E-state index in [0.29, 0.717) is 0 Å². The summed E-state index contributed by atoms with van der Waals surface area (Å²) in [5, 5.41) is 0.0487. The largest absolute Gasteiger partial charge is 0.398 e. The number of hydrogen-bond donors (Lipinski definition) is 2. The Labute approximate surface area is 119 Å². The highest BCUT2D eigenvalue weighted by atomic mass is 35.5. The SMILES string of the molecule is Nc1ccc(S(=O)(=O)Nc2cc(F)ccc2F)cc1Cl. The van der Waals surface area contributed by atoms with Gasteiger partial charge >= 0.3 is 0 Å². The third-order valence-electron chi connectivity index (χ3n) is 2.45. The predicted molar refractivity (Wildman–Crippen MR) is 73.0 cm³/mol. The third kappa shape index (κ3) is 3.00. The van der Waals surface area contributed by atoms with E-state index in [1.54, 1.807) is 0 Å². The lowest BCUT2D eigenvalue weighted by Gasteiger charge is -2.10. The highest BCUT2D eigenvalue weighted by Gasteiger charge is 2.17. The van der Waals surface area contributed by atoms with Crippen LogP contribution >= 0.6 is 11.6 Å². The molecule has 0 fully saturated rings. The van der Waals surface area contributed by atoms with Crippen LogP contribution in [0.1, 0.15) is 0 Å². The molecule has 0 unspecified atom stereocenters. The van der Waals surface area contributed by atoms with Gasteiger partial charge in [-0.3, -0.25) is 4.72 Å². The monoisotopic (exact) mass is 318 g/mol. The molecule has 0 saturated heterocycles. The Kier molecular flexibility index (Phi) is 3.82. The summed E-state index contributed by atoms with van der Waals surface area (Å²) < 4.78 is 52.4. The smallest absolute Gasteiger partial charge is 0.262 e. The lowest BCUT2D eigenvalue weighted by molar-refractivity contribution is 0.594. The van der Waals surface area contributed by atoms with E-state index in [1.807, 2.05) is 4.72 Å². The Balaban J connectivity index is 2.40. The molecule has 0 atom stereocenters. The van der Waals surface area contributed by atoms with Crippen molar-refractivity contribution < 1.29 is 17.2 Å². The fourth-order valence-corrected chi connectivity index (χ4v) is 2.78. The summed E-state index contributed by atoms with van der Waals surface area (Å²) in [6.45, 7) is 0. The number of benzene rings is 2. The minimum absolute atomic E-state index is 0.0487. The van der Waals surface area contributed by atoms with Crippen LogP contribution in [0.25, 0.3) is 0 Å². The van der Waals surface area contributed by atoms with Gasteiger partial charge < -0.3 is 5.73 Å². The van der Waals surface area contributed by atoms with E-state index < -0.39 is 27.3 Å². The van der Waals surface area contributed by atoms with E-state index in [0.717, 1.165) is 24.3 Å². The fourth-order valence-electron chi connectivity index (χ4n) is 1.45. The second kappa shape index (κ2) is 5.26. The number of nitrogens with one attached hydrogen (secondary N) is 1. The zero-order valence-corrected chi connectivity index (χ0v) is 11.5. The van der Waals surface area contributed by atoms with Gasteiger partial charge in [-0.15, -0.1) is 0 Å². The van der Waals surface area contributed by atoms with Crippen LogP contribution in [-0.4, -0.2) is 8.42 Å². The molecular formula is C12H9ClF2N2O2S. The van der Waals surface area contributed by atoms with Gasteiger partial charge in [0.25, 0.3) is 10.0 Å². The van der Waals surface area contributed by atoms with Crippen molar-refractivity contribution in [3.8, 4) is 0 Å². The third-order valence-corrected chi connectivity index (χ3v) is 4.15. The van der Waals surface area contributed by atoms with Crippen molar-refractivity contribution in [2.75, 3.05) is 10.5 Å². The molecule has 3 N–H and O–H groups in total. The van der Waals surface area contributed by atoms with Crippen molar-refractivity contribution in [1.29, 1.82) is 0 Å². The molecule has 0 radical (unpaired) electrons. The molecule has 2 aromatic carbocycles. The topological polar surface area (TPSA) is 72.2 Å². The quantitative estimate of drug-likeness (QED) is 0.854. The Morgan fingerprint density at radius 3 is 2.45 bits per heavy atom. The number of nitrogen functional groups attached to an aromatic ring is 1. The van der Waals surface area contributed by atoms with Gasteiger partial charge in [-0.1, -0.05) is 11.6 Å². The van der Waals surface area contributed by atoms with Gasteiger partial charge in [0.05, 0.1) is 21.3 Å². The molecule has 0 saturated carbocycles. The highest BCUT2D eigenvalue weighted by molar-refractivity contribution is 7.92. The molecule has 0 aliphatic carbocycles. The first-order chi connectivity index (χ1) is 9.29. The molecule has 0 heterocycles. The molecule has 2 rings (SSSR count). The number of anilines is 2. The molecule has 0 amide bonds. The number of hydrogen-bond acceptors (Lipinski definition) is 3. The summed E-state index contributed by atoms with van der Waals surface area (Å²) in [5.74, 6) is -1.66. The predicted octanol–water partition coefficient (Wildman–Crippen LogP) is 3.00. The lowest BCUT2D eigenvalue weighted by Crippen LogP contribution is -2.14. The molecule has 0 aliphatic rings. The molecule has 4 nitrogen and oxygen atoms in total. The van der Waals surface area contributed by atoms with Crippen LogP contribution in [0, 0.1) is 11.6 Å². The first-order valence-corrected chi connectivity index (χ1v) is 7.18. The summed E-state index contributed by atoms with van der Waals surface area (Å²) >= 11 is 5.73. The zero-order valence-electron chi connectivity index (χ0n) is 9.90. The highest BCUT2D eigenvalue weighted by Crippen LogP contribution is 2.25. The first-order valence-electron chi connectivity index (χ1n) is 5.32. The molecule has 0 bridgehead atoms. The van der Waals surface area contributed by atoms with Crippen molar-refractivity contribution >= 4 is 33.0 Å². The maximum absolute atomic E-state index is 13.4. The molecule has 0 aromatic heterocycles. The molecule has 8 heteroatoms. The van der Waals surface area contributed by atoms with Gasteiger partial charge in [-0.2, -0.15) is 0 Å². The van der Waals surface area contributed by atoms with E-state index >= 15 is 0 Å². The maximum atomic E-state index is 13.4. The van der Waals surface area contributed by atoms with Gasteiger partial charge in [0.2, 0.25) is 0 Å². The van der Waals surface area contributed by atoms with Crippen LogP contribution in [0.4, 0.5) is 20.2 Å². The van der Waals surface area contributed by atoms with Crippen molar-refractivity contribution in [3.05, 3.63) is 53.1 Å². The van der Waals surface area contributed by atoms with E-state index in [1.165, 1.54) is 12.1 Å². The average molecular weight is 319 g/mol. The minimum Gasteiger partial charge on any atom is -0.398 e. The molecule has 0 aliphatic heterocycles. The van der Waals surface area contributed by atoms with Gasteiger partial charge in [0, 0.05) is 6.07 Å². The minimum atomic E-state index is -4.09. The lowest BCUT2D eigenvalue weighted by atomic mass is 10.3. The average Bonchev–Trinajstić information content (AvgIpc) is 2.36. The van der Waals surface area contributed by atoms with Crippen LogP contribution < -0.4 is 10.5 Å². The zero-order chi connectivity index (χ0) is 14.9. The maximum Gasteiger partial charge on any atom is 0.262 e. The van der Waals surface area contributed by atoms with Gasteiger partial charge in [0.15, 0.2) is 0 Å². The van der Waals surface area contributed by atoms with Gasteiger partial charge in [-0.05, 0) is 30.3 Å².